The number of carbonyl (C=O) groups excluding carboxylic acids is 1. The highest BCUT2D eigenvalue weighted by Gasteiger charge is 2.39. The number of ketones is 1. The molecule has 1 aliphatic carbocycles. The van der Waals surface area contributed by atoms with Crippen molar-refractivity contribution in [2.45, 2.75) is 70.4 Å². The highest BCUT2D eigenvalue weighted by Crippen LogP contribution is 2.40. The maximum absolute atomic E-state index is 13.2. The molecule has 6 nitrogen and oxygen atoms in total. The van der Waals surface area contributed by atoms with Crippen LogP contribution in [0.3, 0.4) is 0 Å². The van der Waals surface area contributed by atoms with Crippen molar-refractivity contribution in [2.24, 2.45) is 5.92 Å². The van der Waals surface area contributed by atoms with Crippen molar-refractivity contribution >= 4 is 11.6 Å². The zero-order chi connectivity index (χ0) is 20.7. The lowest BCUT2D eigenvalue weighted by molar-refractivity contribution is 0.0992. The van der Waals surface area contributed by atoms with Crippen LogP contribution in [0.1, 0.15) is 68.3 Å². The molecule has 1 saturated carbocycles. The molecule has 2 aliphatic heterocycles. The minimum absolute atomic E-state index is 0.0838. The van der Waals surface area contributed by atoms with Crippen molar-refractivity contribution < 1.29 is 14.3 Å². The SMILES string of the molecule is CC1(C)CC(C2CCCCC2)Nc2c(C(=O)Cc3ccc4c(c3)OCCO4)cnn21. The number of benzene rings is 1. The first-order valence-electron chi connectivity index (χ1n) is 11.3. The lowest BCUT2D eigenvalue weighted by atomic mass is 9.78. The van der Waals surface area contributed by atoms with Crippen molar-refractivity contribution in [3.63, 3.8) is 0 Å². The fraction of sp³-hybridized carbons (Fsp3) is 0.583. The predicted octanol–water partition coefficient (Wildman–Crippen LogP) is 4.58. The van der Waals surface area contributed by atoms with E-state index < -0.39 is 0 Å². The van der Waals surface area contributed by atoms with Crippen molar-refractivity contribution in [3.8, 4) is 11.5 Å². The van der Waals surface area contributed by atoms with Gasteiger partial charge < -0.3 is 14.8 Å². The second kappa shape index (κ2) is 7.64. The summed E-state index contributed by atoms with van der Waals surface area (Å²) in [6.45, 7) is 5.57. The first-order valence-corrected chi connectivity index (χ1v) is 11.3. The summed E-state index contributed by atoms with van der Waals surface area (Å²) in [5, 5.41) is 8.33. The Morgan fingerprint density at radius 3 is 2.73 bits per heavy atom. The molecule has 5 rings (SSSR count). The van der Waals surface area contributed by atoms with Crippen molar-refractivity contribution in [1.82, 2.24) is 9.78 Å². The minimum Gasteiger partial charge on any atom is -0.486 e. The number of ether oxygens (including phenoxy) is 2. The summed E-state index contributed by atoms with van der Waals surface area (Å²) < 4.78 is 13.3. The van der Waals surface area contributed by atoms with E-state index in [9.17, 15) is 4.79 Å². The van der Waals surface area contributed by atoms with Crippen LogP contribution >= 0.6 is 0 Å². The number of aromatic nitrogens is 2. The second-order valence-corrected chi connectivity index (χ2v) is 9.56. The monoisotopic (exact) mass is 409 g/mol. The number of fused-ring (bicyclic) bond motifs is 2. The van der Waals surface area contributed by atoms with Gasteiger partial charge in [0.15, 0.2) is 17.3 Å². The Labute approximate surface area is 177 Å². The lowest BCUT2D eigenvalue weighted by Crippen LogP contribution is -2.45. The molecule has 160 valence electrons. The number of anilines is 1. The Morgan fingerprint density at radius 2 is 1.93 bits per heavy atom. The third-order valence-electron chi connectivity index (χ3n) is 6.87. The quantitative estimate of drug-likeness (QED) is 0.749. The van der Waals surface area contributed by atoms with Gasteiger partial charge in [0.25, 0.3) is 0 Å². The molecule has 0 bridgehead atoms. The summed E-state index contributed by atoms with van der Waals surface area (Å²) in [6, 6.07) is 6.17. The zero-order valence-corrected chi connectivity index (χ0v) is 17.9. The molecular formula is C24H31N3O3. The van der Waals surface area contributed by atoms with E-state index in [1.807, 2.05) is 22.9 Å². The number of nitrogens with one attached hydrogen (secondary N) is 1. The van der Waals surface area contributed by atoms with Crippen LogP contribution in [-0.2, 0) is 12.0 Å². The van der Waals surface area contributed by atoms with Crippen molar-refractivity contribution in [1.29, 1.82) is 0 Å². The molecule has 1 atom stereocenters. The third kappa shape index (κ3) is 3.57. The van der Waals surface area contributed by atoms with Gasteiger partial charge in [0.1, 0.15) is 19.0 Å². The maximum atomic E-state index is 13.2. The van der Waals surface area contributed by atoms with Gasteiger partial charge in [-0.2, -0.15) is 5.10 Å². The van der Waals surface area contributed by atoms with Gasteiger partial charge in [-0.25, -0.2) is 4.68 Å². The molecule has 6 heteroatoms. The molecule has 3 heterocycles. The first kappa shape index (κ1) is 19.5. The van der Waals surface area contributed by atoms with E-state index in [1.54, 1.807) is 6.20 Å². The summed E-state index contributed by atoms with van der Waals surface area (Å²) in [4.78, 5) is 13.2. The number of hydrogen-bond donors (Lipinski definition) is 1. The van der Waals surface area contributed by atoms with Gasteiger partial charge in [0, 0.05) is 12.5 Å². The molecule has 0 radical (unpaired) electrons. The minimum atomic E-state index is -0.0990. The van der Waals surface area contributed by atoms with Gasteiger partial charge in [-0.3, -0.25) is 4.79 Å². The summed E-state index contributed by atoms with van der Waals surface area (Å²) in [5.41, 5.74) is 1.53. The van der Waals surface area contributed by atoms with Crippen LogP contribution < -0.4 is 14.8 Å². The summed E-state index contributed by atoms with van der Waals surface area (Å²) >= 11 is 0. The fourth-order valence-corrected chi connectivity index (χ4v) is 5.30. The highest BCUT2D eigenvalue weighted by molar-refractivity contribution is 6.01. The van der Waals surface area contributed by atoms with Crippen LogP contribution in [0.4, 0.5) is 5.82 Å². The molecule has 1 fully saturated rings. The number of hydrogen-bond acceptors (Lipinski definition) is 5. The van der Waals surface area contributed by atoms with Crippen LogP contribution in [0.15, 0.2) is 24.4 Å². The average molecular weight is 410 g/mol. The fourth-order valence-electron chi connectivity index (χ4n) is 5.30. The van der Waals surface area contributed by atoms with E-state index in [4.69, 9.17) is 9.47 Å². The smallest absolute Gasteiger partial charge is 0.172 e. The Morgan fingerprint density at radius 1 is 1.17 bits per heavy atom. The average Bonchev–Trinajstić information content (AvgIpc) is 3.19. The molecule has 1 aromatic heterocycles. The largest absolute Gasteiger partial charge is 0.486 e. The Balaban J connectivity index is 1.38. The van der Waals surface area contributed by atoms with Crippen LogP contribution in [0.2, 0.25) is 0 Å². The number of nitrogens with zero attached hydrogens (tertiary/aromatic N) is 2. The molecule has 3 aliphatic rings. The van der Waals surface area contributed by atoms with E-state index in [1.165, 1.54) is 32.1 Å². The standard InChI is InChI=1S/C24H31N3O3/c1-24(2)14-19(17-6-4-3-5-7-17)26-23-18(15-25-27(23)24)20(28)12-16-8-9-21-22(13-16)30-11-10-29-21/h8-9,13,15,17,19,26H,3-7,10-12,14H2,1-2H3. The first-order chi connectivity index (χ1) is 14.5. The Kier molecular flexibility index (Phi) is 4.95. The van der Waals surface area contributed by atoms with Crippen molar-refractivity contribution in [2.75, 3.05) is 18.5 Å². The molecule has 1 N–H and O–H groups in total. The van der Waals surface area contributed by atoms with Gasteiger partial charge in [0.2, 0.25) is 0 Å². The van der Waals surface area contributed by atoms with Gasteiger partial charge in [-0.15, -0.1) is 0 Å². The Bertz CT molecular complexity index is 943. The zero-order valence-electron chi connectivity index (χ0n) is 17.9. The lowest BCUT2D eigenvalue weighted by Gasteiger charge is -2.42. The third-order valence-corrected chi connectivity index (χ3v) is 6.87. The topological polar surface area (TPSA) is 65.4 Å². The Hall–Kier alpha value is -2.50. The van der Waals surface area contributed by atoms with Gasteiger partial charge in [-0.1, -0.05) is 25.3 Å². The van der Waals surface area contributed by atoms with Gasteiger partial charge in [0.05, 0.1) is 17.3 Å². The van der Waals surface area contributed by atoms with Crippen LogP contribution in [0, 0.1) is 5.92 Å². The van der Waals surface area contributed by atoms with E-state index in [2.05, 4.69) is 24.3 Å². The predicted molar refractivity (Wildman–Crippen MR) is 116 cm³/mol. The molecular weight excluding hydrogens is 378 g/mol. The number of rotatable bonds is 4. The molecule has 0 saturated heterocycles. The molecule has 0 amide bonds. The number of Topliss-reactive ketones (excluding diaryl/α,β-unsaturated/α-hetero) is 1. The van der Waals surface area contributed by atoms with Crippen LogP contribution in [0.5, 0.6) is 11.5 Å². The highest BCUT2D eigenvalue weighted by atomic mass is 16.6. The van der Waals surface area contributed by atoms with Crippen LogP contribution in [0.25, 0.3) is 0 Å². The second-order valence-electron chi connectivity index (χ2n) is 9.56. The summed E-state index contributed by atoms with van der Waals surface area (Å²) in [6.07, 6.45) is 9.66. The summed E-state index contributed by atoms with van der Waals surface area (Å²) in [5.74, 6) is 3.13. The molecule has 0 spiro atoms. The van der Waals surface area contributed by atoms with Crippen LogP contribution in [-0.4, -0.2) is 34.8 Å². The molecule has 1 unspecified atom stereocenters. The number of carbonyl (C=O) groups is 1. The normalized spacial score (nSPS) is 22.8. The van der Waals surface area contributed by atoms with E-state index in [-0.39, 0.29) is 11.3 Å². The molecule has 2 aromatic rings. The molecule has 30 heavy (non-hydrogen) atoms. The molecule has 1 aromatic carbocycles. The van der Waals surface area contributed by atoms with Gasteiger partial charge >= 0.3 is 0 Å². The van der Waals surface area contributed by atoms with E-state index in [0.717, 1.165) is 29.3 Å². The van der Waals surface area contributed by atoms with E-state index in [0.29, 0.717) is 37.2 Å². The maximum Gasteiger partial charge on any atom is 0.172 e. The van der Waals surface area contributed by atoms with E-state index >= 15 is 0 Å². The summed E-state index contributed by atoms with van der Waals surface area (Å²) in [7, 11) is 0. The van der Waals surface area contributed by atoms with Gasteiger partial charge in [-0.05, 0) is 56.7 Å². The van der Waals surface area contributed by atoms with Crippen molar-refractivity contribution in [3.05, 3.63) is 35.5 Å².